The van der Waals surface area contributed by atoms with E-state index in [-0.39, 0.29) is 0 Å². The molecule has 1 aliphatic carbocycles. The third-order valence-corrected chi connectivity index (χ3v) is 5.41. The van der Waals surface area contributed by atoms with Crippen LogP contribution in [-0.2, 0) is 10.0 Å². The summed E-state index contributed by atoms with van der Waals surface area (Å²) in [4.78, 5) is 0.367. The highest BCUT2D eigenvalue weighted by molar-refractivity contribution is 7.89. The first-order valence-corrected chi connectivity index (χ1v) is 8.00. The van der Waals surface area contributed by atoms with Gasteiger partial charge in [0, 0.05) is 12.2 Å². The minimum atomic E-state index is -3.44. The molecule has 1 aliphatic rings. The molecule has 5 nitrogen and oxygen atoms in total. The molecule has 2 rings (SSSR count). The Labute approximate surface area is 114 Å². The second-order valence-electron chi connectivity index (χ2n) is 5.23. The van der Waals surface area contributed by atoms with Crippen LogP contribution in [0.2, 0.25) is 0 Å². The van der Waals surface area contributed by atoms with Crippen LogP contribution < -0.4 is 16.0 Å². The number of hydrogen-bond acceptors (Lipinski definition) is 4. The van der Waals surface area contributed by atoms with Gasteiger partial charge in [-0.3, -0.25) is 5.84 Å². The lowest BCUT2D eigenvalue weighted by atomic mass is 9.86. The molecule has 6 heteroatoms. The Morgan fingerprint density at radius 2 is 1.84 bits per heavy atom. The van der Waals surface area contributed by atoms with E-state index in [1.807, 2.05) is 0 Å². The number of sulfonamides is 1. The first-order valence-electron chi connectivity index (χ1n) is 6.51. The van der Waals surface area contributed by atoms with E-state index in [0.717, 1.165) is 12.8 Å². The zero-order valence-electron chi connectivity index (χ0n) is 11.4. The fourth-order valence-corrected chi connectivity index (χ4v) is 4.02. The summed E-state index contributed by atoms with van der Waals surface area (Å²) in [5, 5.41) is 0. The summed E-state index contributed by atoms with van der Waals surface area (Å²) in [6.45, 7) is 4.11. The van der Waals surface area contributed by atoms with Crippen molar-refractivity contribution in [1.29, 1.82) is 0 Å². The van der Waals surface area contributed by atoms with Crippen molar-refractivity contribution in [3.63, 3.8) is 0 Å². The summed E-state index contributed by atoms with van der Waals surface area (Å²) in [5.41, 5.74) is 4.66. The summed E-state index contributed by atoms with van der Waals surface area (Å²) in [6, 6.07) is 3.48. The van der Waals surface area contributed by atoms with E-state index in [1.54, 1.807) is 26.0 Å². The van der Waals surface area contributed by atoms with Gasteiger partial charge in [0.1, 0.15) is 0 Å². The van der Waals surface area contributed by atoms with Crippen molar-refractivity contribution in [3.8, 4) is 0 Å². The Morgan fingerprint density at radius 3 is 2.26 bits per heavy atom. The van der Waals surface area contributed by atoms with Gasteiger partial charge in [-0.2, -0.15) is 0 Å². The smallest absolute Gasteiger partial charge is 0.241 e. The van der Waals surface area contributed by atoms with Gasteiger partial charge in [-0.15, -0.1) is 0 Å². The van der Waals surface area contributed by atoms with Gasteiger partial charge in [0.25, 0.3) is 0 Å². The van der Waals surface area contributed by atoms with Crippen LogP contribution in [0.1, 0.15) is 30.4 Å². The van der Waals surface area contributed by atoms with Gasteiger partial charge in [0.05, 0.1) is 4.90 Å². The van der Waals surface area contributed by atoms with E-state index >= 15 is 0 Å². The van der Waals surface area contributed by atoms with Crippen molar-refractivity contribution in [2.24, 2.45) is 11.8 Å². The van der Waals surface area contributed by atoms with Crippen LogP contribution in [0.5, 0.6) is 0 Å². The monoisotopic (exact) mass is 283 g/mol. The predicted octanol–water partition coefficient (Wildman–Crippen LogP) is 1.67. The molecular formula is C13H21N3O2S. The third kappa shape index (κ3) is 3.08. The topological polar surface area (TPSA) is 84.2 Å². The lowest BCUT2D eigenvalue weighted by Crippen LogP contribution is -2.33. The molecule has 4 N–H and O–H groups in total. The van der Waals surface area contributed by atoms with Crippen LogP contribution in [-0.4, -0.2) is 15.0 Å². The highest BCUT2D eigenvalue weighted by Gasteiger charge is 2.23. The molecule has 0 atom stereocenters. The molecule has 0 spiro atoms. The molecule has 106 valence electrons. The van der Waals surface area contributed by atoms with E-state index in [2.05, 4.69) is 10.1 Å². The molecule has 1 fully saturated rings. The number of benzene rings is 1. The van der Waals surface area contributed by atoms with Crippen LogP contribution in [0.3, 0.4) is 0 Å². The van der Waals surface area contributed by atoms with Gasteiger partial charge < -0.3 is 5.43 Å². The Morgan fingerprint density at radius 1 is 1.26 bits per heavy atom. The summed E-state index contributed by atoms with van der Waals surface area (Å²) in [6.07, 6.45) is 3.45. The van der Waals surface area contributed by atoms with E-state index in [0.29, 0.717) is 34.2 Å². The maximum Gasteiger partial charge on any atom is 0.241 e. The van der Waals surface area contributed by atoms with Crippen molar-refractivity contribution in [2.75, 3.05) is 12.0 Å². The maximum absolute atomic E-state index is 12.4. The summed E-state index contributed by atoms with van der Waals surface area (Å²) < 4.78 is 27.4. The van der Waals surface area contributed by atoms with Crippen molar-refractivity contribution >= 4 is 15.7 Å². The van der Waals surface area contributed by atoms with Crippen molar-refractivity contribution in [3.05, 3.63) is 23.3 Å². The van der Waals surface area contributed by atoms with Gasteiger partial charge in [0.15, 0.2) is 0 Å². The number of nitrogens with two attached hydrogens (primary N) is 1. The normalized spacial score (nSPS) is 16.2. The molecule has 1 saturated carbocycles. The highest BCUT2D eigenvalue weighted by Crippen LogP contribution is 2.27. The van der Waals surface area contributed by atoms with Gasteiger partial charge in [0.2, 0.25) is 10.0 Å². The maximum atomic E-state index is 12.4. The quantitative estimate of drug-likeness (QED) is 0.567. The van der Waals surface area contributed by atoms with Crippen LogP contribution in [0.15, 0.2) is 17.0 Å². The number of hydrazine groups is 1. The molecule has 1 aromatic carbocycles. The van der Waals surface area contributed by atoms with Gasteiger partial charge >= 0.3 is 0 Å². The van der Waals surface area contributed by atoms with Gasteiger partial charge in [-0.25, -0.2) is 13.1 Å². The number of nitrogens with one attached hydrogen (secondary N) is 2. The molecule has 0 radical (unpaired) electrons. The van der Waals surface area contributed by atoms with Crippen molar-refractivity contribution < 1.29 is 8.42 Å². The number of rotatable bonds is 5. The summed E-state index contributed by atoms with van der Waals surface area (Å²) >= 11 is 0. The standard InChI is InChI=1S/C13H21N3O2S/c1-9-6-12(16-14)7-10(2)13(9)19(17,18)15-8-11-4-3-5-11/h6-7,11,15-16H,3-5,8,14H2,1-2H3. The number of anilines is 1. The van der Waals surface area contributed by atoms with Gasteiger partial charge in [-0.1, -0.05) is 6.42 Å². The molecule has 0 aromatic heterocycles. The molecule has 0 unspecified atom stereocenters. The second-order valence-corrected chi connectivity index (χ2v) is 6.94. The molecule has 0 saturated heterocycles. The van der Waals surface area contributed by atoms with Crippen LogP contribution in [0.4, 0.5) is 5.69 Å². The van der Waals surface area contributed by atoms with Crippen molar-refractivity contribution in [1.82, 2.24) is 4.72 Å². The average Bonchev–Trinajstić information content (AvgIpc) is 2.25. The van der Waals surface area contributed by atoms with E-state index in [4.69, 9.17) is 5.84 Å². The Balaban J connectivity index is 2.23. The Bertz CT molecular complexity index is 542. The Kier molecular flexibility index (Phi) is 4.13. The van der Waals surface area contributed by atoms with Crippen molar-refractivity contribution in [2.45, 2.75) is 38.0 Å². The number of nitrogen functional groups attached to an aromatic ring is 1. The minimum absolute atomic E-state index is 0.367. The van der Waals surface area contributed by atoms with E-state index in [9.17, 15) is 8.42 Å². The lowest BCUT2D eigenvalue weighted by molar-refractivity contribution is 0.316. The lowest BCUT2D eigenvalue weighted by Gasteiger charge is -2.25. The molecule has 0 aliphatic heterocycles. The SMILES string of the molecule is Cc1cc(NN)cc(C)c1S(=O)(=O)NCC1CCC1. The number of hydrogen-bond donors (Lipinski definition) is 3. The first kappa shape index (κ1) is 14.3. The fourth-order valence-electron chi connectivity index (χ4n) is 2.45. The average molecular weight is 283 g/mol. The minimum Gasteiger partial charge on any atom is -0.324 e. The molecule has 0 heterocycles. The summed E-state index contributed by atoms with van der Waals surface area (Å²) in [7, 11) is -3.44. The van der Waals surface area contributed by atoms with Crippen LogP contribution >= 0.6 is 0 Å². The molecule has 1 aromatic rings. The Hall–Kier alpha value is -1.11. The summed E-state index contributed by atoms with van der Waals surface area (Å²) in [5.74, 6) is 5.86. The van der Waals surface area contributed by atoms with E-state index in [1.165, 1.54) is 6.42 Å². The van der Waals surface area contributed by atoms with Crippen LogP contribution in [0, 0.1) is 19.8 Å². The molecular weight excluding hydrogens is 262 g/mol. The zero-order valence-corrected chi connectivity index (χ0v) is 12.2. The second kappa shape index (κ2) is 5.48. The number of aryl methyl sites for hydroxylation is 2. The molecule has 0 amide bonds. The largest absolute Gasteiger partial charge is 0.324 e. The van der Waals surface area contributed by atoms with Gasteiger partial charge in [-0.05, 0) is 55.9 Å². The van der Waals surface area contributed by atoms with E-state index < -0.39 is 10.0 Å². The first-order chi connectivity index (χ1) is 8.94. The zero-order chi connectivity index (χ0) is 14.0. The fraction of sp³-hybridized carbons (Fsp3) is 0.538. The predicted molar refractivity (Wildman–Crippen MR) is 76.3 cm³/mol. The molecule has 19 heavy (non-hydrogen) atoms. The highest BCUT2D eigenvalue weighted by atomic mass is 32.2. The van der Waals surface area contributed by atoms with Crippen LogP contribution in [0.25, 0.3) is 0 Å². The molecule has 0 bridgehead atoms. The third-order valence-electron chi connectivity index (χ3n) is 3.68.